The van der Waals surface area contributed by atoms with Crippen molar-refractivity contribution in [1.29, 1.82) is 0 Å². The molecule has 2 aliphatic rings. The largest absolute Gasteiger partial charge is 0.465 e. The summed E-state index contributed by atoms with van der Waals surface area (Å²) in [7, 11) is 0. The fourth-order valence-electron chi connectivity index (χ4n) is 2.45. The molecule has 1 spiro atoms. The predicted octanol–water partition coefficient (Wildman–Crippen LogP) is 2.27. The fourth-order valence-corrected chi connectivity index (χ4v) is 2.45. The first kappa shape index (κ1) is 8.09. The monoisotopic (exact) mass is 168 g/mol. The van der Waals surface area contributed by atoms with Crippen molar-refractivity contribution < 1.29 is 9.53 Å². The van der Waals surface area contributed by atoms with Gasteiger partial charge in [0.1, 0.15) is 0 Å². The van der Waals surface area contributed by atoms with Crippen LogP contribution in [0, 0.1) is 5.41 Å². The molecule has 0 atom stereocenters. The van der Waals surface area contributed by atoms with Crippen molar-refractivity contribution in [2.45, 2.75) is 44.9 Å². The van der Waals surface area contributed by atoms with Gasteiger partial charge in [-0.3, -0.25) is 4.79 Å². The van der Waals surface area contributed by atoms with E-state index in [2.05, 4.69) is 0 Å². The van der Waals surface area contributed by atoms with Gasteiger partial charge < -0.3 is 4.74 Å². The van der Waals surface area contributed by atoms with Crippen LogP contribution in [0.2, 0.25) is 0 Å². The lowest BCUT2D eigenvalue weighted by Crippen LogP contribution is -2.25. The molecule has 2 fully saturated rings. The van der Waals surface area contributed by atoms with E-state index in [1.807, 2.05) is 0 Å². The first-order valence-electron chi connectivity index (χ1n) is 5.01. The van der Waals surface area contributed by atoms with Gasteiger partial charge in [-0.05, 0) is 19.3 Å². The molecule has 0 unspecified atom stereocenters. The summed E-state index contributed by atoms with van der Waals surface area (Å²) in [5.74, 6) is 0.0874. The zero-order chi connectivity index (χ0) is 8.44. The van der Waals surface area contributed by atoms with Crippen molar-refractivity contribution in [3.63, 3.8) is 0 Å². The van der Waals surface area contributed by atoms with Gasteiger partial charge in [-0.2, -0.15) is 0 Å². The molecule has 1 aliphatic carbocycles. The third-order valence-electron chi connectivity index (χ3n) is 3.31. The van der Waals surface area contributed by atoms with Crippen LogP contribution in [0.4, 0.5) is 0 Å². The second-order valence-electron chi connectivity index (χ2n) is 4.08. The van der Waals surface area contributed by atoms with E-state index in [1.54, 1.807) is 0 Å². The molecule has 1 saturated carbocycles. The molecule has 2 nitrogen and oxygen atoms in total. The van der Waals surface area contributed by atoms with E-state index in [9.17, 15) is 4.79 Å². The van der Waals surface area contributed by atoms with Crippen LogP contribution in [0.15, 0.2) is 0 Å². The number of rotatable bonds is 0. The van der Waals surface area contributed by atoms with Crippen molar-refractivity contribution in [2.24, 2.45) is 5.41 Å². The number of ether oxygens (including phenoxy) is 1. The lowest BCUT2D eigenvalue weighted by molar-refractivity contribution is -0.146. The zero-order valence-corrected chi connectivity index (χ0v) is 7.47. The van der Waals surface area contributed by atoms with Crippen molar-refractivity contribution in [2.75, 3.05) is 6.61 Å². The van der Waals surface area contributed by atoms with E-state index in [4.69, 9.17) is 4.74 Å². The third-order valence-corrected chi connectivity index (χ3v) is 3.31. The van der Waals surface area contributed by atoms with Crippen LogP contribution in [0.25, 0.3) is 0 Å². The molecule has 0 aromatic heterocycles. The van der Waals surface area contributed by atoms with E-state index in [0.29, 0.717) is 6.61 Å². The molecular weight excluding hydrogens is 152 g/mol. The molecule has 0 amide bonds. The minimum absolute atomic E-state index is 0.0451. The van der Waals surface area contributed by atoms with Crippen LogP contribution in [0.5, 0.6) is 0 Å². The van der Waals surface area contributed by atoms with E-state index in [1.165, 1.54) is 25.7 Å². The highest BCUT2D eigenvalue weighted by Crippen LogP contribution is 2.42. The standard InChI is InChI=1S/C10H16O2/c11-9-10(7-8-12-9)5-3-1-2-4-6-10/h1-8H2. The average molecular weight is 168 g/mol. The highest BCUT2D eigenvalue weighted by atomic mass is 16.5. The number of hydrogen-bond donors (Lipinski definition) is 0. The molecule has 0 radical (unpaired) electrons. The topological polar surface area (TPSA) is 26.3 Å². The van der Waals surface area contributed by atoms with Crippen molar-refractivity contribution in [1.82, 2.24) is 0 Å². The highest BCUT2D eigenvalue weighted by Gasteiger charge is 2.43. The SMILES string of the molecule is O=C1OCCC12CCCCCC2. The molecule has 1 heterocycles. The zero-order valence-electron chi connectivity index (χ0n) is 7.47. The summed E-state index contributed by atoms with van der Waals surface area (Å²) in [6.07, 6.45) is 8.16. The number of carbonyl (C=O) groups is 1. The summed E-state index contributed by atoms with van der Waals surface area (Å²) in [6, 6.07) is 0. The first-order valence-corrected chi connectivity index (χ1v) is 5.01. The Morgan fingerprint density at radius 1 is 1.00 bits per heavy atom. The number of hydrogen-bond acceptors (Lipinski definition) is 2. The van der Waals surface area contributed by atoms with Crippen LogP contribution < -0.4 is 0 Å². The van der Waals surface area contributed by atoms with Gasteiger partial charge in [-0.1, -0.05) is 25.7 Å². The summed E-state index contributed by atoms with van der Waals surface area (Å²) in [5, 5.41) is 0. The molecular formula is C10H16O2. The van der Waals surface area contributed by atoms with Crippen LogP contribution >= 0.6 is 0 Å². The lowest BCUT2D eigenvalue weighted by Gasteiger charge is -2.21. The quantitative estimate of drug-likeness (QED) is 0.519. The van der Waals surface area contributed by atoms with Gasteiger partial charge in [0.2, 0.25) is 0 Å². The minimum atomic E-state index is -0.0451. The second kappa shape index (κ2) is 3.08. The average Bonchev–Trinajstić information content (AvgIpc) is 2.33. The maximum Gasteiger partial charge on any atom is 0.312 e. The van der Waals surface area contributed by atoms with Crippen LogP contribution in [-0.2, 0) is 9.53 Å². The van der Waals surface area contributed by atoms with E-state index >= 15 is 0 Å². The Hall–Kier alpha value is -0.530. The normalized spacial score (nSPS) is 28.5. The number of cyclic esters (lactones) is 1. The van der Waals surface area contributed by atoms with E-state index in [-0.39, 0.29) is 11.4 Å². The molecule has 12 heavy (non-hydrogen) atoms. The molecule has 0 aromatic carbocycles. The highest BCUT2D eigenvalue weighted by molar-refractivity contribution is 5.78. The molecule has 0 N–H and O–H groups in total. The summed E-state index contributed by atoms with van der Waals surface area (Å²) >= 11 is 0. The van der Waals surface area contributed by atoms with Gasteiger partial charge in [0.15, 0.2) is 0 Å². The Labute approximate surface area is 73.3 Å². The Bertz CT molecular complexity index is 178. The lowest BCUT2D eigenvalue weighted by atomic mass is 9.79. The molecule has 68 valence electrons. The summed E-state index contributed by atoms with van der Waals surface area (Å²) in [5.41, 5.74) is -0.0451. The Morgan fingerprint density at radius 3 is 2.17 bits per heavy atom. The Balaban J connectivity index is 2.11. The Kier molecular flexibility index (Phi) is 2.07. The number of carbonyl (C=O) groups excluding carboxylic acids is 1. The van der Waals surface area contributed by atoms with E-state index in [0.717, 1.165) is 19.3 Å². The van der Waals surface area contributed by atoms with Crippen LogP contribution in [-0.4, -0.2) is 12.6 Å². The van der Waals surface area contributed by atoms with E-state index < -0.39 is 0 Å². The second-order valence-corrected chi connectivity index (χ2v) is 4.08. The maximum atomic E-state index is 11.5. The first-order chi connectivity index (χ1) is 5.83. The summed E-state index contributed by atoms with van der Waals surface area (Å²) in [4.78, 5) is 11.5. The molecule has 0 aromatic rings. The fraction of sp³-hybridized carbons (Fsp3) is 0.900. The number of esters is 1. The smallest absolute Gasteiger partial charge is 0.312 e. The molecule has 2 heteroatoms. The molecule has 1 saturated heterocycles. The van der Waals surface area contributed by atoms with Gasteiger partial charge in [0.05, 0.1) is 12.0 Å². The molecule has 2 rings (SSSR count). The van der Waals surface area contributed by atoms with Crippen LogP contribution in [0.3, 0.4) is 0 Å². The van der Waals surface area contributed by atoms with Crippen LogP contribution in [0.1, 0.15) is 44.9 Å². The van der Waals surface area contributed by atoms with Gasteiger partial charge in [0.25, 0.3) is 0 Å². The third kappa shape index (κ3) is 1.23. The van der Waals surface area contributed by atoms with Gasteiger partial charge >= 0.3 is 5.97 Å². The summed E-state index contributed by atoms with van der Waals surface area (Å²) < 4.78 is 5.06. The van der Waals surface area contributed by atoms with Crippen molar-refractivity contribution >= 4 is 5.97 Å². The molecule has 0 bridgehead atoms. The van der Waals surface area contributed by atoms with Crippen molar-refractivity contribution in [3.8, 4) is 0 Å². The Morgan fingerprint density at radius 2 is 1.67 bits per heavy atom. The van der Waals surface area contributed by atoms with Gasteiger partial charge in [-0.25, -0.2) is 0 Å². The van der Waals surface area contributed by atoms with Crippen molar-refractivity contribution in [3.05, 3.63) is 0 Å². The minimum Gasteiger partial charge on any atom is -0.465 e. The maximum absolute atomic E-state index is 11.5. The molecule has 1 aliphatic heterocycles. The summed E-state index contributed by atoms with van der Waals surface area (Å²) in [6.45, 7) is 0.666. The predicted molar refractivity (Wildman–Crippen MR) is 45.7 cm³/mol. The van der Waals surface area contributed by atoms with Gasteiger partial charge in [-0.15, -0.1) is 0 Å². The van der Waals surface area contributed by atoms with Gasteiger partial charge in [0, 0.05) is 0 Å².